The molecule has 0 bridgehead atoms. The number of hydrogen-bond donors (Lipinski definition) is 1. The van der Waals surface area contributed by atoms with Crippen LogP contribution in [0, 0.1) is 0 Å². The maximum atomic E-state index is 12.6. The van der Waals surface area contributed by atoms with Crippen LogP contribution in [0.2, 0.25) is 0 Å². The van der Waals surface area contributed by atoms with Crippen molar-refractivity contribution in [1.82, 2.24) is 0 Å². The van der Waals surface area contributed by atoms with Crippen LogP contribution in [-0.4, -0.2) is 25.9 Å². The lowest BCUT2D eigenvalue weighted by atomic mass is 10.1. The molecule has 0 saturated carbocycles. The van der Waals surface area contributed by atoms with Crippen molar-refractivity contribution < 1.29 is 23.7 Å². The summed E-state index contributed by atoms with van der Waals surface area (Å²) >= 11 is 0. The van der Waals surface area contributed by atoms with Gasteiger partial charge in [-0.05, 0) is 38.1 Å². The van der Waals surface area contributed by atoms with E-state index in [2.05, 4.69) is 5.32 Å². The van der Waals surface area contributed by atoms with Crippen molar-refractivity contribution in [3.8, 4) is 23.0 Å². The van der Waals surface area contributed by atoms with E-state index >= 15 is 0 Å². The minimum absolute atomic E-state index is 0.195. The van der Waals surface area contributed by atoms with Crippen LogP contribution in [0.1, 0.15) is 24.2 Å². The summed E-state index contributed by atoms with van der Waals surface area (Å²) in [7, 11) is 0. The normalized spacial score (nSPS) is 11.9. The Labute approximate surface area is 140 Å². The predicted octanol–water partition coefficient (Wildman–Crippen LogP) is 3.47. The molecule has 1 N–H and O–H groups in total. The van der Waals surface area contributed by atoms with E-state index in [-0.39, 0.29) is 12.7 Å². The molecule has 6 heteroatoms. The third kappa shape index (κ3) is 3.37. The van der Waals surface area contributed by atoms with E-state index < -0.39 is 0 Å². The fraction of sp³-hybridized carbons (Fsp3) is 0.278. The number of carbonyl (C=O) groups is 1. The maximum absolute atomic E-state index is 12.6. The van der Waals surface area contributed by atoms with Crippen LogP contribution in [0.15, 0.2) is 36.4 Å². The van der Waals surface area contributed by atoms with E-state index in [0.29, 0.717) is 47.5 Å². The van der Waals surface area contributed by atoms with Crippen molar-refractivity contribution in [2.45, 2.75) is 13.8 Å². The van der Waals surface area contributed by atoms with Crippen LogP contribution in [0.4, 0.5) is 5.69 Å². The molecule has 0 aliphatic carbocycles. The summed E-state index contributed by atoms with van der Waals surface area (Å²) in [5, 5.41) is 2.84. The Morgan fingerprint density at radius 1 is 1.04 bits per heavy atom. The molecule has 24 heavy (non-hydrogen) atoms. The predicted molar refractivity (Wildman–Crippen MR) is 89.3 cm³/mol. The Bertz CT molecular complexity index is 744. The van der Waals surface area contributed by atoms with Crippen LogP contribution >= 0.6 is 0 Å². The molecule has 1 heterocycles. The van der Waals surface area contributed by atoms with Gasteiger partial charge in [-0.15, -0.1) is 0 Å². The first-order valence-electron chi connectivity index (χ1n) is 7.82. The van der Waals surface area contributed by atoms with Crippen LogP contribution in [-0.2, 0) is 0 Å². The van der Waals surface area contributed by atoms with Crippen molar-refractivity contribution in [1.29, 1.82) is 0 Å². The van der Waals surface area contributed by atoms with E-state index in [1.807, 2.05) is 13.8 Å². The van der Waals surface area contributed by atoms with Gasteiger partial charge in [0.2, 0.25) is 6.79 Å². The van der Waals surface area contributed by atoms with Crippen LogP contribution in [0.25, 0.3) is 0 Å². The highest BCUT2D eigenvalue weighted by Gasteiger charge is 2.17. The zero-order chi connectivity index (χ0) is 16.9. The molecule has 1 aliphatic rings. The Kier molecular flexibility index (Phi) is 4.74. The molecular weight excluding hydrogens is 310 g/mol. The van der Waals surface area contributed by atoms with Crippen molar-refractivity contribution in [2.75, 3.05) is 25.3 Å². The smallest absolute Gasteiger partial charge is 0.259 e. The minimum atomic E-state index is -0.264. The highest BCUT2D eigenvalue weighted by molar-refractivity contribution is 6.06. The molecule has 6 nitrogen and oxygen atoms in total. The lowest BCUT2D eigenvalue weighted by Crippen LogP contribution is -2.14. The van der Waals surface area contributed by atoms with Gasteiger partial charge in [0.25, 0.3) is 5.91 Å². The SMILES string of the molecule is CCOc1ccc(C(=O)Nc2ccc3c(c2)OCO3)c(OCC)c1. The van der Waals surface area contributed by atoms with Gasteiger partial charge in [0.1, 0.15) is 11.5 Å². The second-order valence-electron chi connectivity index (χ2n) is 5.05. The molecule has 0 aromatic heterocycles. The first kappa shape index (κ1) is 16.0. The lowest BCUT2D eigenvalue weighted by Gasteiger charge is -2.13. The summed E-state index contributed by atoms with van der Waals surface area (Å²) in [5.41, 5.74) is 1.07. The third-order valence-electron chi connectivity index (χ3n) is 3.44. The lowest BCUT2D eigenvalue weighted by molar-refractivity contribution is 0.102. The van der Waals surface area contributed by atoms with Gasteiger partial charge in [-0.2, -0.15) is 0 Å². The van der Waals surface area contributed by atoms with Gasteiger partial charge in [0, 0.05) is 17.8 Å². The number of hydrogen-bond acceptors (Lipinski definition) is 5. The van der Waals surface area contributed by atoms with Crippen molar-refractivity contribution in [3.63, 3.8) is 0 Å². The molecule has 2 aromatic carbocycles. The fourth-order valence-electron chi connectivity index (χ4n) is 2.39. The molecule has 0 radical (unpaired) electrons. The second kappa shape index (κ2) is 7.12. The van der Waals surface area contributed by atoms with E-state index in [9.17, 15) is 4.79 Å². The summed E-state index contributed by atoms with van der Waals surface area (Å²) in [6.07, 6.45) is 0. The number of anilines is 1. The summed E-state index contributed by atoms with van der Waals surface area (Å²) in [5.74, 6) is 2.18. The number of carbonyl (C=O) groups excluding carboxylic acids is 1. The van der Waals surface area contributed by atoms with Crippen LogP contribution in [0.3, 0.4) is 0 Å². The summed E-state index contributed by atoms with van der Waals surface area (Å²) < 4.78 is 21.6. The van der Waals surface area contributed by atoms with E-state index in [1.54, 1.807) is 36.4 Å². The van der Waals surface area contributed by atoms with E-state index in [1.165, 1.54) is 0 Å². The van der Waals surface area contributed by atoms with Gasteiger partial charge in [0.05, 0.1) is 18.8 Å². The first-order chi connectivity index (χ1) is 11.7. The maximum Gasteiger partial charge on any atom is 0.259 e. The topological polar surface area (TPSA) is 66.0 Å². The Morgan fingerprint density at radius 2 is 1.83 bits per heavy atom. The highest BCUT2D eigenvalue weighted by atomic mass is 16.7. The molecule has 0 spiro atoms. The van der Waals surface area contributed by atoms with Gasteiger partial charge >= 0.3 is 0 Å². The Morgan fingerprint density at radius 3 is 2.62 bits per heavy atom. The van der Waals surface area contributed by atoms with Gasteiger partial charge in [-0.1, -0.05) is 0 Å². The molecule has 0 atom stereocenters. The summed E-state index contributed by atoms with van der Waals surface area (Å²) in [6, 6.07) is 10.4. The number of amides is 1. The molecule has 3 rings (SSSR count). The largest absolute Gasteiger partial charge is 0.494 e. The highest BCUT2D eigenvalue weighted by Crippen LogP contribution is 2.34. The second-order valence-corrected chi connectivity index (χ2v) is 5.05. The standard InChI is InChI=1S/C18H19NO5/c1-3-21-13-6-7-14(16(10-13)22-4-2)18(20)19-12-5-8-15-17(9-12)24-11-23-15/h5-10H,3-4,11H2,1-2H3,(H,19,20). The number of fused-ring (bicyclic) bond motifs is 1. The zero-order valence-corrected chi connectivity index (χ0v) is 13.6. The number of rotatable bonds is 6. The average Bonchev–Trinajstić information content (AvgIpc) is 3.03. The monoisotopic (exact) mass is 329 g/mol. The Hall–Kier alpha value is -2.89. The van der Waals surface area contributed by atoms with Gasteiger partial charge in [0.15, 0.2) is 11.5 Å². The molecule has 0 saturated heterocycles. The fourth-order valence-corrected chi connectivity index (χ4v) is 2.39. The number of ether oxygens (including phenoxy) is 4. The average molecular weight is 329 g/mol. The van der Waals surface area contributed by atoms with Crippen LogP contribution < -0.4 is 24.3 Å². The first-order valence-corrected chi connectivity index (χ1v) is 7.82. The molecule has 0 unspecified atom stereocenters. The molecule has 0 fully saturated rings. The summed E-state index contributed by atoms with van der Waals surface area (Å²) in [6.45, 7) is 4.97. The third-order valence-corrected chi connectivity index (χ3v) is 3.44. The molecule has 2 aromatic rings. The minimum Gasteiger partial charge on any atom is -0.494 e. The molecule has 1 amide bonds. The van der Waals surface area contributed by atoms with Crippen LogP contribution in [0.5, 0.6) is 23.0 Å². The van der Waals surface area contributed by atoms with Gasteiger partial charge in [-0.3, -0.25) is 4.79 Å². The van der Waals surface area contributed by atoms with Crippen molar-refractivity contribution in [3.05, 3.63) is 42.0 Å². The van der Waals surface area contributed by atoms with Crippen molar-refractivity contribution >= 4 is 11.6 Å². The molecule has 126 valence electrons. The number of benzene rings is 2. The molecule has 1 aliphatic heterocycles. The number of nitrogens with one attached hydrogen (secondary N) is 1. The van der Waals surface area contributed by atoms with E-state index in [0.717, 1.165) is 0 Å². The summed E-state index contributed by atoms with van der Waals surface area (Å²) in [4.78, 5) is 12.6. The van der Waals surface area contributed by atoms with E-state index in [4.69, 9.17) is 18.9 Å². The zero-order valence-electron chi connectivity index (χ0n) is 13.6. The van der Waals surface area contributed by atoms with Gasteiger partial charge in [-0.25, -0.2) is 0 Å². The van der Waals surface area contributed by atoms with Gasteiger partial charge < -0.3 is 24.3 Å². The van der Waals surface area contributed by atoms with Crippen molar-refractivity contribution in [2.24, 2.45) is 0 Å². The Balaban J connectivity index is 1.81. The quantitative estimate of drug-likeness (QED) is 0.879. The molecular formula is C18H19NO5.